The van der Waals surface area contributed by atoms with E-state index in [2.05, 4.69) is 48.4 Å². The van der Waals surface area contributed by atoms with E-state index in [9.17, 15) is 0 Å². The highest BCUT2D eigenvalue weighted by molar-refractivity contribution is 7.07. The normalized spacial score (nSPS) is 12.3. The van der Waals surface area contributed by atoms with Gasteiger partial charge in [-0.1, -0.05) is 35.9 Å². The first-order chi connectivity index (χ1) is 12.0. The summed E-state index contributed by atoms with van der Waals surface area (Å²) in [6.07, 6.45) is 1.78. The van der Waals surface area contributed by atoms with Crippen molar-refractivity contribution in [3.63, 3.8) is 0 Å². The number of thiazole rings is 1. The number of rotatable bonds is 3. The molecule has 0 fully saturated rings. The van der Waals surface area contributed by atoms with Gasteiger partial charge in [0.25, 0.3) is 0 Å². The second-order valence-corrected chi connectivity index (χ2v) is 7.20. The van der Waals surface area contributed by atoms with E-state index in [1.54, 1.807) is 24.6 Å². The molecule has 3 nitrogen and oxygen atoms in total. The van der Waals surface area contributed by atoms with E-state index < -0.39 is 0 Å². The summed E-state index contributed by atoms with van der Waals surface area (Å²) in [5, 5.41) is 7.44. The van der Waals surface area contributed by atoms with Crippen LogP contribution in [0.5, 0.6) is 0 Å². The highest BCUT2D eigenvalue weighted by Crippen LogP contribution is 2.27. The van der Waals surface area contributed by atoms with Gasteiger partial charge in [0.2, 0.25) is 4.80 Å². The summed E-state index contributed by atoms with van der Waals surface area (Å²) in [6.45, 7) is 6.40. The Hall–Kier alpha value is -2.17. The second kappa shape index (κ2) is 7.38. The molecule has 25 heavy (non-hydrogen) atoms. The molecule has 5 heteroatoms. The molecule has 0 spiro atoms. The van der Waals surface area contributed by atoms with Crippen molar-refractivity contribution in [2.24, 2.45) is 10.1 Å². The highest BCUT2D eigenvalue weighted by atomic mass is 35.5. The second-order valence-electron chi connectivity index (χ2n) is 5.96. The smallest absolute Gasteiger partial charge is 0.205 e. The summed E-state index contributed by atoms with van der Waals surface area (Å²) in [7, 11) is 1.78. The summed E-state index contributed by atoms with van der Waals surface area (Å²) in [4.78, 5) is 5.20. The third-order valence-electron chi connectivity index (χ3n) is 4.21. The largest absolute Gasteiger partial charge is 0.261 e. The summed E-state index contributed by atoms with van der Waals surface area (Å²) in [5.41, 5.74) is 6.88. The zero-order valence-electron chi connectivity index (χ0n) is 14.7. The van der Waals surface area contributed by atoms with Crippen LogP contribution in [0, 0.1) is 20.8 Å². The lowest BCUT2D eigenvalue weighted by molar-refractivity contribution is 0.847. The fourth-order valence-electron chi connectivity index (χ4n) is 2.68. The molecule has 0 bridgehead atoms. The van der Waals surface area contributed by atoms with Crippen LogP contribution in [0.4, 0.5) is 0 Å². The minimum absolute atomic E-state index is 0.681. The van der Waals surface area contributed by atoms with E-state index in [0.717, 1.165) is 16.1 Å². The van der Waals surface area contributed by atoms with Crippen molar-refractivity contribution in [3.8, 4) is 11.3 Å². The van der Waals surface area contributed by atoms with Crippen LogP contribution < -0.4 is 4.80 Å². The Labute approximate surface area is 157 Å². The molecule has 0 unspecified atom stereocenters. The zero-order valence-corrected chi connectivity index (χ0v) is 16.3. The van der Waals surface area contributed by atoms with Gasteiger partial charge in [-0.3, -0.25) is 4.99 Å². The van der Waals surface area contributed by atoms with Gasteiger partial charge in [-0.2, -0.15) is 5.10 Å². The Morgan fingerprint density at radius 1 is 1.04 bits per heavy atom. The van der Waals surface area contributed by atoms with Crippen LogP contribution in [0.1, 0.15) is 22.3 Å². The molecule has 0 aliphatic heterocycles. The number of aromatic nitrogens is 1. The van der Waals surface area contributed by atoms with Crippen molar-refractivity contribution in [1.29, 1.82) is 0 Å². The molecule has 0 aliphatic carbocycles. The first-order valence-electron chi connectivity index (χ1n) is 8.01. The Bertz CT molecular complexity index is 1010. The van der Waals surface area contributed by atoms with Crippen molar-refractivity contribution in [2.75, 3.05) is 7.05 Å². The van der Waals surface area contributed by atoms with Gasteiger partial charge < -0.3 is 0 Å². The predicted molar refractivity (Wildman–Crippen MR) is 108 cm³/mol. The van der Waals surface area contributed by atoms with Crippen molar-refractivity contribution < 1.29 is 0 Å². The van der Waals surface area contributed by atoms with Gasteiger partial charge in [-0.15, -0.1) is 11.3 Å². The van der Waals surface area contributed by atoms with Gasteiger partial charge in [0.1, 0.15) is 0 Å². The van der Waals surface area contributed by atoms with Gasteiger partial charge in [-0.25, -0.2) is 4.68 Å². The number of benzene rings is 2. The lowest BCUT2D eigenvalue weighted by Gasteiger charge is -2.10. The molecule has 0 radical (unpaired) electrons. The minimum atomic E-state index is 0.681. The number of aryl methyl sites for hydroxylation is 3. The average Bonchev–Trinajstić information content (AvgIpc) is 3.00. The SMILES string of the molecule is CN=c1scc(-c2cc(C)c(C)cc2C)n1N=Cc1ccccc1Cl. The lowest BCUT2D eigenvalue weighted by atomic mass is 9.99. The van der Waals surface area contributed by atoms with Crippen LogP contribution >= 0.6 is 22.9 Å². The molecule has 2 aromatic carbocycles. The minimum Gasteiger partial charge on any atom is -0.261 e. The van der Waals surface area contributed by atoms with Crippen molar-refractivity contribution in [2.45, 2.75) is 20.8 Å². The Morgan fingerprint density at radius 3 is 2.48 bits per heavy atom. The van der Waals surface area contributed by atoms with Gasteiger partial charge in [0.15, 0.2) is 0 Å². The fourth-order valence-corrected chi connectivity index (χ4v) is 3.66. The van der Waals surface area contributed by atoms with Crippen molar-refractivity contribution in [1.82, 2.24) is 4.68 Å². The standard InChI is InChI=1S/C20H20ClN3S/c1-13-9-15(3)17(10-14(13)2)19-12-25-20(22-4)24(19)23-11-16-7-5-6-8-18(16)21/h5-12H,1-4H3. The lowest BCUT2D eigenvalue weighted by Crippen LogP contribution is -2.12. The molecule has 0 saturated heterocycles. The maximum Gasteiger partial charge on any atom is 0.205 e. The maximum atomic E-state index is 6.24. The topological polar surface area (TPSA) is 29.6 Å². The molecule has 0 N–H and O–H groups in total. The van der Waals surface area contributed by atoms with Crippen molar-refractivity contribution >= 4 is 29.2 Å². The number of hydrogen-bond donors (Lipinski definition) is 0. The van der Waals surface area contributed by atoms with E-state index >= 15 is 0 Å². The molecule has 0 aliphatic rings. The van der Waals surface area contributed by atoms with Crippen LogP contribution in [0.2, 0.25) is 5.02 Å². The van der Waals surface area contributed by atoms with Crippen LogP contribution in [0.25, 0.3) is 11.3 Å². The van der Waals surface area contributed by atoms with Crippen LogP contribution in [-0.4, -0.2) is 17.9 Å². The van der Waals surface area contributed by atoms with Crippen LogP contribution in [0.3, 0.4) is 0 Å². The third kappa shape index (κ3) is 3.60. The number of halogens is 1. The molecule has 3 rings (SSSR count). The van der Waals surface area contributed by atoms with Crippen LogP contribution in [-0.2, 0) is 0 Å². The molecule has 0 amide bonds. The van der Waals surface area contributed by atoms with Gasteiger partial charge in [-0.05, 0) is 49.6 Å². The quantitative estimate of drug-likeness (QED) is 0.567. The molecular formula is C20H20ClN3S. The van der Waals surface area contributed by atoms with E-state index in [-0.39, 0.29) is 0 Å². The van der Waals surface area contributed by atoms with E-state index in [0.29, 0.717) is 5.02 Å². The van der Waals surface area contributed by atoms with Gasteiger partial charge in [0.05, 0.1) is 11.9 Å². The zero-order chi connectivity index (χ0) is 18.0. The van der Waals surface area contributed by atoms with E-state index in [1.165, 1.54) is 22.3 Å². The van der Waals surface area contributed by atoms with Crippen LogP contribution in [0.15, 0.2) is 51.9 Å². The Morgan fingerprint density at radius 2 is 1.76 bits per heavy atom. The summed E-state index contributed by atoms with van der Waals surface area (Å²) >= 11 is 7.82. The first-order valence-corrected chi connectivity index (χ1v) is 9.27. The molecule has 0 atom stereocenters. The summed E-state index contributed by atoms with van der Waals surface area (Å²) in [6, 6.07) is 12.1. The van der Waals surface area contributed by atoms with Gasteiger partial charge >= 0.3 is 0 Å². The molecule has 1 heterocycles. The van der Waals surface area contributed by atoms with E-state index in [4.69, 9.17) is 11.6 Å². The summed E-state index contributed by atoms with van der Waals surface area (Å²) in [5.74, 6) is 0. The Balaban J connectivity index is 2.14. The molecule has 1 aromatic heterocycles. The average molecular weight is 370 g/mol. The highest BCUT2D eigenvalue weighted by Gasteiger charge is 2.11. The number of hydrogen-bond acceptors (Lipinski definition) is 3. The molecule has 3 aromatic rings. The molecular weight excluding hydrogens is 350 g/mol. The summed E-state index contributed by atoms with van der Waals surface area (Å²) < 4.78 is 1.88. The molecule has 128 valence electrons. The monoisotopic (exact) mass is 369 g/mol. The van der Waals surface area contributed by atoms with Crippen molar-refractivity contribution in [3.05, 3.63) is 73.9 Å². The predicted octanol–water partition coefficient (Wildman–Crippen LogP) is 5.21. The number of nitrogens with zero attached hydrogens (tertiary/aromatic N) is 3. The third-order valence-corrected chi connectivity index (χ3v) is 5.46. The van der Waals surface area contributed by atoms with Gasteiger partial charge in [0, 0.05) is 28.6 Å². The fraction of sp³-hybridized carbons (Fsp3) is 0.200. The Kier molecular flexibility index (Phi) is 5.21. The first kappa shape index (κ1) is 17.6. The maximum absolute atomic E-state index is 6.24. The molecule has 0 saturated carbocycles. The van der Waals surface area contributed by atoms with E-state index in [1.807, 2.05) is 28.9 Å².